The fourth-order valence-corrected chi connectivity index (χ4v) is 5.37. The predicted octanol–water partition coefficient (Wildman–Crippen LogP) is 2.10. The van der Waals surface area contributed by atoms with Crippen LogP contribution < -0.4 is 21.7 Å². The fourth-order valence-electron chi connectivity index (χ4n) is 5.37. The molecule has 0 aromatic carbocycles. The van der Waals surface area contributed by atoms with Crippen molar-refractivity contribution in [1.82, 2.24) is 20.9 Å². The van der Waals surface area contributed by atoms with Crippen molar-refractivity contribution in [2.24, 2.45) is 34.3 Å². The summed E-state index contributed by atoms with van der Waals surface area (Å²) in [6.07, 6.45) is 1.86. The minimum atomic E-state index is -3.84. The molecule has 1 saturated heterocycles. The number of nitrogens with zero attached hydrogens (tertiary/aromatic N) is 1. The van der Waals surface area contributed by atoms with Crippen molar-refractivity contribution in [1.29, 1.82) is 0 Å². The van der Waals surface area contributed by atoms with Crippen molar-refractivity contribution < 1.29 is 44.5 Å². The van der Waals surface area contributed by atoms with Gasteiger partial charge in [0.05, 0.1) is 6.04 Å². The molecule has 2 saturated carbocycles. The molecule has 5 amide bonds. The lowest BCUT2D eigenvalue weighted by molar-refractivity contribution is -0.144. The Labute approximate surface area is 247 Å². The SMILES string of the molecule is [2H]C([2H])([2H])C1(C([2H])([2H])[2H])[C@@H]2[C@@H](C(=O)NC(CC3CCC3)C(=O)C(N)=O)N(C(=O)[C@H](CC(C)(C)C)NC(=O)NC(C([2H])([2H])[2H])(C([2H])([2H])[2H])C([2H])([2H])[2H])C[C@@H]21. The van der Waals surface area contributed by atoms with E-state index in [-0.39, 0.29) is 18.8 Å². The molecule has 1 unspecified atom stereocenters. The normalized spacial score (nSPS) is 33.4. The molecule has 214 valence electrons. The third-order valence-corrected chi connectivity index (χ3v) is 7.45. The largest absolute Gasteiger partial charge is 0.363 e. The monoisotopic (exact) mass is 548 g/mol. The molecule has 0 bridgehead atoms. The Kier molecular flexibility index (Phi) is 4.20. The van der Waals surface area contributed by atoms with E-state index in [2.05, 4.69) is 10.6 Å². The van der Waals surface area contributed by atoms with Crippen LogP contribution in [0, 0.1) is 28.6 Å². The Morgan fingerprint density at radius 3 is 2.21 bits per heavy atom. The zero-order chi connectivity index (χ0) is 41.3. The molecule has 3 fully saturated rings. The van der Waals surface area contributed by atoms with Gasteiger partial charge in [0.2, 0.25) is 17.6 Å². The van der Waals surface area contributed by atoms with Crippen LogP contribution in [0.2, 0.25) is 0 Å². The molecule has 5 N–H and O–H groups in total. The molecule has 2 aliphatic carbocycles. The number of amides is 5. The Bertz CT molecular complexity index is 1410. The highest BCUT2D eigenvalue weighted by molar-refractivity contribution is 6.37. The lowest BCUT2D eigenvalue weighted by atomic mass is 9.80. The number of Topliss-reactive ketones (excluding diaryl/α,β-unsaturated/α-hetero) is 1. The summed E-state index contributed by atoms with van der Waals surface area (Å²) in [7, 11) is 0. The van der Waals surface area contributed by atoms with E-state index in [1.165, 1.54) is 0 Å². The van der Waals surface area contributed by atoms with Gasteiger partial charge in [0.25, 0.3) is 5.91 Å². The molecular weight excluding hydrogens is 486 g/mol. The van der Waals surface area contributed by atoms with Crippen LogP contribution in [-0.4, -0.2) is 64.6 Å². The zero-order valence-electron chi connectivity index (χ0n) is 36.8. The highest BCUT2D eigenvalue weighted by atomic mass is 16.2. The molecule has 0 aromatic heterocycles. The topological polar surface area (TPSA) is 151 Å². The number of piperidine rings is 1. The third-order valence-electron chi connectivity index (χ3n) is 7.45. The maximum atomic E-state index is 14.4. The summed E-state index contributed by atoms with van der Waals surface area (Å²) in [5.74, 6) is -7.74. The number of nitrogens with two attached hydrogens (primary N) is 1. The van der Waals surface area contributed by atoms with Crippen molar-refractivity contribution in [2.75, 3.05) is 6.54 Å². The zero-order valence-corrected chi connectivity index (χ0v) is 21.8. The van der Waals surface area contributed by atoms with Crippen molar-refractivity contribution in [3.05, 3.63) is 0 Å². The van der Waals surface area contributed by atoms with Gasteiger partial charge in [0, 0.05) is 32.6 Å². The van der Waals surface area contributed by atoms with E-state index >= 15 is 0 Å². The lowest BCUT2D eigenvalue weighted by Gasteiger charge is -2.36. The highest BCUT2D eigenvalue weighted by Crippen LogP contribution is 2.65. The van der Waals surface area contributed by atoms with E-state index in [1.807, 2.05) is 0 Å². The Morgan fingerprint density at radius 1 is 1.05 bits per heavy atom. The second-order valence-electron chi connectivity index (χ2n) is 11.9. The average Bonchev–Trinajstić information content (AvgIpc) is 3.43. The molecule has 3 rings (SSSR count). The Hall–Kier alpha value is -2.65. The first-order valence-electron chi connectivity index (χ1n) is 20.1. The fraction of sp³-hybridized carbons (Fsp3) is 0.821. The first-order chi connectivity index (χ1) is 23.6. The van der Waals surface area contributed by atoms with Crippen molar-refractivity contribution in [3.63, 3.8) is 0 Å². The maximum Gasteiger partial charge on any atom is 0.315 e. The number of hydrogen-bond donors (Lipinski definition) is 4. The standard InChI is InChI=1S/C28H47N5O5/c1-26(2,3)13-18(31-25(38)32-27(4,5)6)24(37)33-14-16-19(28(16,7)8)20(33)23(36)30-17(21(34)22(29)35)12-15-10-9-11-15/h15-20H,9-14H2,1-8H3,(H2,29,35)(H,30,36)(H2,31,32,38)/t16-,17?,18-,19-,20-/m0/s1/i4D3,5D3,6D3,7D3,8D3. The van der Waals surface area contributed by atoms with E-state index < -0.39 is 117 Å². The quantitative estimate of drug-likeness (QED) is 0.325. The van der Waals surface area contributed by atoms with Crippen LogP contribution >= 0.6 is 0 Å². The van der Waals surface area contributed by atoms with E-state index in [1.54, 1.807) is 26.1 Å². The summed E-state index contributed by atoms with van der Waals surface area (Å²) < 4.78 is 119. The van der Waals surface area contributed by atoms with Crippen molar-refractivity contribution >= 4 is 29.5 Å². The van der Waals surface area contributed by atoms with Crippen LogP contribution in [0.4, 0.5) is 4.79 Å². The Balaban J connectivity index is 2.10. The molecule has 10 nitrogen and oxygen atoms in total. The van der Waals surface area contributed by atoms with Crippen molar-refractivity contribution in [2.45, 2.75) is 111 Å². The minimum Gasteiger partial charge on any atom is -0.363 e. The van der Waals surface area contributed by atoms with Crippen LogP contribution in [-0.2, 0) is 19.2 Å². The number of carbonyl (C=O) groups is 5. The molecule has 1 aliphatic heterocycles. The summed E-state index contributed by atoms with van der Waals surface area (Å²) in [5, 5.41) is 6.12. The van der Waals surface area contributed by atoms with Gasteiger partial charge in [0.15, 0.2) is 0 Å². The molecule has 0 spiro atoms. The number of fused-ring (bicyclic) bond motifs is 1. The maximum absolute atomic E-state index is 14.4. The van der Waals surface area contributed by atoms with E-state index in [9.17, 15) is 24.0 Å². The minimum absolute atomic E-state index is 0.0153. The van der Waals surface area contributed by atoms with Crippen LogP contribution in [0.1, 0.15) is 108 Å². The van der Waals surface area contributed by atoms with Crippen LogP contribution in [0.15, 0.2) is 0 Å². The highest BCUT2D eigenvalue weighted by Gasteiger charge is 2.69. The molecular formula is C28H47N5O5. The summed E-state index contributed by atoms with van der Waals surface area (Å²) in [6.45, 7) is -13.7. The first-order valence-corrected chi connectivity index (χ1v) is 12.6. The van der Waals surface area contributed by atoms with Crippen LogP contribution in [0.25, 0.3) is 0 Å². The molecule has 5 atom stereocenters. The molecule has 38 heavy (non-hydrogen) atoms. The van der Waals surface area contributed by atoms with E-state index in [0.717, 1.165) is 11.3 Å². The number of nitrogens with one attached hydrogen (secondary N) is 3. The Morgan fingerprint density at radius 2 is 1.71 bits per heavy atom. The van der Waals surface area contributed by atoms with Gasteiger partial charge in [-0.1, -0.05) is 53.7 Å². The number of ketones is 1. The van der Waals surface area contributed by atoms with Crippen LogP contribution in [0.5, 0.6) is 0 Å². The van der Waals surface area contributed by atoms with Gasteiger partial charge in [-0.15, -0.1) is 0 Å². The number of rotatable bonds is 9. The molecule has 0 aromatic rings. The van der Waals surface area contributed by atoms with Gasteiger partial charge >= 0.3 is 6.03 Å². The second kappa shape index (κ2) is 10.5. The molecule has 3 aliphatic rings. The van der Waals surface area contributed by atoms with Gasteiger partial charge in [-0.3, -0.25) is 19.2 Å². The number of likely N-dealkylation sites (tertiary alicyclic amines) is 1. The lowest BCUT2D eigenvalue weighted by Crippen LogP contribution is -2.60. The summed E-state index contributed by atoms with van der Waals surface area (Å²) in [5.41, 5.74) is -1.91. The van der Waals surface area contributed by atoms with Crippen molar-refractivity contribution in [3.8, 4) is 0 Å². The summed E-state index contributed by atoms with van der Waals surface area (Å²) in [6, 6.07) is -6.81. The number of carbonyl (C=O) groups excluding carboxylic acids is 5. The predicted molar refractivity (Wildman–Crippen MR) is 144 cm³/mol. The van der Waals surface area contributed by atoms with E-state index in [0.29, 0.717) is 12.8 Å². The van der Waals surface area contributed by atoms with Gasteiger partial charge in [0.1, 0.15) is 12.1 Å². The second-order valence-corrected chi connectivity index (χ2v) is 11.9. The summed E-state index contributed by atoms with van der Waals surface area (Å²) in [4.78, 5) is 67.6. The molecule has 10 heteroatoms. The van der Waals surface area contributed by atoms with Gasteiger partial charge in [-0.2, -0.15) is 0 Å². The number of hydrogen-bond acceptors (Lipinski definition) is 5. The molecule has 0 radical (unpaired) electrons. The first kappa shape index (κ1) is 15.2. The van der Waals surface area contributed by atoms with Gasteiger partial charge in [-0.05, 0) is 62.0 Å². The average molecular weight is 549 g/mol. The van der Waals surface area contributed by atoms with Crippen LogP contribution in [0.3, 0.4) is 0 Å². The molecule has 1 heterocycles. The van der Waals surface area contributed by atoms with Gasteiger partial charge in [-0.25, -0.2) is 4.79 Å². The summed E-state index contributed by atoms with van der Waals surface area (Å²) >= 11 is 0. The third kappa shape index (κ3) is 6.86. The van der Waals surface area contributed by atoms with Gasteiger partial charge < -0.3 is 26.6 Å². The van der Waals surface area contributed by atoms with E-state index in [4.69, 9.17) is 26.3 Å². The number of primary amides is 1. The smallest absolute Gasteiger partial charge is 0.315 e. The number of urea groups is 1.